The molecule has 2 aromatic rings. The third-order valence-corrected chi connectivity index (χ3v) is 5.65. The van der Waals surface area contributed by atoms with E-state index in [9.17, 15) is 0 Å². The maximum Gasteiger partial charge on any atom is 0.111 e. The van der Waals surface area contributed by atoms with E-state index in [1.165, 1.54) is 28.3 Å². The number of benzene rings is 1. The van der Waals surface area contributed by atoms with E-state index in [1.54, 1.807) is 0 Å². The molecule has 1 fully saturated rings. The van der Waals surface area contributed by atoms with Crippen LogP contribution in [-0.2, 0) is 13.0 Å². The molecule has 1 aromatic heterocycles. The molecule has 1 aliphatic carbocycles. The SMILES string of the molecule is CN(C)C1(Cn2c(CCCl)nc3cc(I)ccc32)CCC1. The van der Waals surface area contributed by atoms with Crippen molar-refractivity contribution in [2.24, 2.45) is 0 Å². The summed E-state index contributed by atoms with van der Waals surface area (Å²) >= 11 is 8.33. The lowest BCUT2D eigenvalue weighted by Gasteiger charge is -2.47. The van der Waals surface area contributed by atoms with Gasteiger partial charge in [-0.3, -0.25) is 0 Å². The third-order valence-electron chi connectivity index (χ3n) is 4.79. The highest BCUT2D eigenvalue weighted by atomic mass is 127. The van der Waals surface area contributed by atoms with Crippen molar-refractivity contribution in [2.75, 3.05) is 20.0 Å². The van der Waals surface area contributed by atoms with Crippen molar-refractivity contribution in [3.63, 3.8) is 0 Å². The number of likely N-dealkylation sites (N-methyl/N-ethyl adjacent to an activating group) is 1. The first-order chi connectivity index (χ1) is 10.1. The number of rotatable bonds is 5. The molecule has 0 saturated heterocycles. The molecule has 0 atom stereocenters. The van der Waals surface area contributed by atoms with Gasteiger partial charge in [0, 0.05) is 28.0 Å². The lowest BCUT2D eigenvalue weighted by atomic mass is 9.75. The van der Waals surface area contributed by atoms with Crippen molar-refractivity contribution in [3.05, 3.63) is 27.6 Å². The second-order valence-electron chi connectivity index (χ2n) is 6.16. The van der Waals surface area contributed by atoms with Gasteiger partial charge in [-0.25, -0.2) is 4.98 Å². The van der Waals surface area contributed by atoms with Gasteiger partial charge in [-0.15, -0.1) is 11.6 Å². The van der Waals surface area contributed by atoms with Crippen LogP contribution >= 0.6 is 34.2 Å². The zero-order valence-corrected chi connectivity index (χ0v) is 15.5. The van der Waals surface area contributed by atoms with E-state index in [-0.39, 0.29) is 5.54 Å². The van der Waals surface area contributed by atoms with Crippen LogP contribution in [0, 0.1) is 3.57 Å². The monoisotopic (exact) mass is 417 g/mol. The lowest BCUT2D eigenvalue weighted by Crippen LogP contribution is -2.53. The minimum absolute atomic E-state index is 0.289. The van der Waals surface area contributed by atoms with Crippen LogP contribution in [0.2, 0.25) is 0 Å². The number of halogens is 2. The predicted molar refractivity (Wildman–Crippen MR) is 97.1 cm³/mol. The molecule has 1 heterocycles. The largest absolute Gasteiger partial charge is 0.326 e. The minimum atomic E-state index is 0.289. The second kappa shape index (κ2) is 6.05. The molecule has 0 unspecified atom stereocenters. The van der Waals surface area contributed by atoms with E-state index in [0.717, 1.165) is 24.3 Å². The summed E-state index contributed by atoms with van der Waals surface area (Å²) < 4.78 is 3.63. The number of alkyl halides is 1. The van der Waals surface area contributed by atoms with Gasteiger partial charge >= 0.3 is 0 Å². The minimum Gasteiger partial charge on any atom is -0.326 e. The highest BCUT2D eigenvalue weighted by Gasteiger charge is 2.40. The van der Waals surface area contributed by atoms with E-state index < -0.39 is 0 Å². The summed E-state index contributed by atoms with van der Waals surface area (Å²) in [5.41, 5.74) is 2.62. The third kappa shape index (κ3) is 2.82. The molecule has 3 rings (SSSR count). The van der Waals surface area contributed by atoms with Crippen molar-refractivity contribution in [2.45, 2.75) is 37.8 Å². The second-order valence-corrected chi connectivity index (χ2v) is 7.78. The van der Waals surface area contributed by atoms with Gasteiger partial charge in [-0.05, 0) is 74.1 Å². The van der Waals surface area contributed by atoms with E-state index >= 15 is 0 Å². The van der Waals surface area contributed by atoms with E-state index in [4.69, 9.17) is 16.6 Å². The number of aromatic nitrogens is 2. The summed E-state index contributed by atoms with van der Waals surface area (Å²) in [4.78, 5) is 7.21. The molecular weight excluding hydrogens is 397 g/mol. The maximum atomic E-state index is 5.98. The first-order valence-corrected chi connectivity index (χ1v) is 9.05. The van der Waals surface area contributed by atoms with Crippen LogP contribution in [0.3, 0.4) is 0 Å². The zero-order valence-electron chi connectivity index (χ0n) is 12.6. The summed E-state index contributed by atoms with van der Waals surface area (Å²) in [6.07, 6.45) is 4.69. The summed E-state index contributed by atoms with van der Waals surface area (Å²) in [7, 11) is 4.39. The van der Waals surface area contributed by atoms with Crippen molar-refractivity contribution >= 4 is 45.2 Å². The van der Waals surface area contributed by atoms with Gasteiger partial charge in [0.1, 0.15) is 5.82 Å². The smallest absolute Gasteiger partial charge is 0.111 e. The summed E-state index contributed by atoms with van der Waals surface area (Å²) in [6, 6.07) is 6.52. The van der Waals surface area contributed by atoms with E-state index in [0.29, 0.717) is 5.88 Å². The molecule has 0 aliphatic heterocycles. The molecular formula is C16H21ClIN3. The zero-order chi connectivity index (χ0) is 15.0. The van der Waals surface area contributed by atoms with Gasteiger partial charge < -0.3 is 9.47 Å². The molecule has 1 aliphatic rings. The Labute approximate surface area is 144 Å². The molecule has 3 nitrogen and oxygen atoms in total. The number of nitrogens with zero attached hydrogens (tertiary/aromatic N) is 3. The van der Waals surface area contributed by atoms with Crippen molar-refractivity contribution in [1.29, 1.82) is 0 Å². The van der Waals surface area contributed by atoms with Crippen LogP contribution in [0.5, 0.6) is 0 Å². The van der Waals surface area contributed by atoms with Crippen LogP contribution in [0.1, 0.15) is 25.1 Å². The Morgan fingerprint density at radius 1 is 1.38 bits per heavy atom. The van der Waals surface area contributed by atoms with Crippen LogP contribution in [0.4, 0.5) is 0 Å². The van der Waals surface area contributed by atoms with E-state index in [1.807, 2.05) is 0 Å². The number of hydrogen-bond donors (Lipinski definition) is 0. The van der Waals surface area contributed by atoms with Gasteiger partial charge in [0.05, 0.1) is 11.0 Å². The molecule has 1 aromatic carbocycles. The topological polar surface area (TPSA) is 21.1 Å². The number of aryl methyl sites for hydroxylation is 1. The van der Waals surface area contributed by atoms with Gasteiger partial charge in [0.25, 0.3) is 0 Å². The van der Waals surface area contributed by atoms with Crippen LogP contribution < -0.4 is 0 Å². The van der Waals surface area contributed by atoms with Crippen LogP contribution in [0.25, 0.3) is 11.0 Å². The predicted octanol–water partition coefficient (Wildman–Crippen LogP) is 3.91. The highest BCUT2D eigenvalue weighted by Crippen LogP contribution is 2.38. The Morgan fingerprint density at radius 2 is 2.14 bits per heavy atom. The van der Waals surface area contributed by atoms with Gasteiger partial charge in [0.15, 0.2) is 0 Å². The highest BCUT2D eigenvalue weighted by molar-refractivity contribution is 14.1. The average Bonchev–Trinajstić information content (AvgIpc) is 2.70. The van der Waals surface area contributed by atoms with Crippen molar-refractivity contribution in [1.82, 2.24) is 14.5 Å². The molecule has 0 N–H and O–H groups in total. The fourth-order valence-corrected chi connectivity index (χ4v) is 3.87. The molecule has 0 radical (unpaired) electrons. The normalized spacial score (nSPS) is 17.4. The first-order valence-electron chi connectivity index (χ1n) is 7.44. The molecule has 21 heavy (non-hydrogen) atoms. The first kappa shape index (κ1) is 15.6. The summed E-state index contributed by atoms with van der Waals surface area (Å²) in [5, 5.41) is 0. The van der Waals surface area contributed by atoms with Gasteiger partial charge in [-0.2, -0.15) is 0 Å². The lowest BCUT2D eigenvalue weighted by molar-refractivity contribution is 0.0428. The van der Waals surface area contributed by atoms with Crippen molar-refractivity contribution in [3.8, 4) is 0 Å². The molecule has 0 amide bonds. The summed E-state index contributed by atoms with van der Waals surface area (Å²) in [6.45, 7) is 1.02. The Hall–Kier alpha value is -0.330. The average molecular weight is 418 g/mol. The van der Waals surface area contributed by atoms with Gasteiger partial charge in [0.2, 0.25) is 0 Å². The quantitative estimate of drug-likeness (QED) is 0.543. The Balaban J connectivity index is 2.05. The fraction of sp³-hybridized carbons (Fsp3) is 0.562. The number of fused-ring (bicyclic) bond motifs is 1. The molecule has 1 saturated carbocycles. The Bertz CT molecular complexity index is 646. The van der Waals surface area contributed by atoms with E-state index in [2.05, 4.69) is 64.4 Å². The van der Waals surface area contributed by atoms with Gasteiger partial charge in [-0.1, -0.05) is 0 Å². The van der Waals surface area contributed by atoms with Crippen LogP contribution in [0.15, 0.2) is 18.2 Å². The van der Waals surface area contributed by atoms with Crippen LogP contribution in [-0.4, -0.2) is 40.0 Å². The molecule has 0 bridgehead atoms. The number of imidazole rings is 1. The standard InChI is InChI=1S/C16H21ClIN3/c1-20(2)16(7-3-8-16)11-21-14-5-4-12(18)10-13(14)19-15(21)6-9-17/h4-5,10H,3,6-9,11H2,1-2H3. The summed E-state index contributed by atoms with van der Waals surface area (Å²) in [5.74, 6) is 1.74. The molecule has 5 heteroatoms. The number of hydrogen-bond acceptors (Lipinski definition) is 2. The van der Waals surface area contributed by atoms with Crippen molar-refractivity contribution < 1.29 is 0 Å². The Morgan fingerprint density at radius 3 is 2.71 bits per heavy atom. The Kier molecular flexibility index (Phi) is 4.48. The fourth-order valence-electron chi connectivity index (χ4n) is 3.23. The molecule has 114 valence electrons. The maximum absolute atomic E-state index is 5.98. The molecule has 0 spiro atoms.